The summed E-state index contributed by atoms with van der Waals surface area (Å²) < 4.78 is 16.7. The van der Waals surface area contributed by atoms with E-state index >= 15 is 0 Å². The lowest BCUT2D eigenvalue weighted by Gasteiger charge is -2.20. The molecule has 0 aliphatic carbocycles. The van der Waals surface area contributed by atoms with Gasteiger partial charge in [0.1, 0.15) is 52.2 Å². The van der Waals surface area contributed by atoms with Crippen molar-refractivity contribution in [2.45, 2.75) is 41.5 Å². The highest BCUT2D eigenvalue weighted by molar-refractivity contribution is 6.01. The molecular formula is C48H48N6O6. The minimum absolute atomic E-state index is 0.255. The quantitative estimate of drug-likeness (QED) is 0.0408. The molecule has 0 atom stereocenters. The van der Waals surface area contributed by atoms with Gasteiger partial charge in [-0.1, -0.05) is 36.4 Å². The highest BCUT2D eigenvalue weighted by Gasteiger charge is 2.20. The molecule has 4 aromatic carbocycles. The van der Waals surface area contributed by atoms with Crippen LogP contribution in [0.15, 0.2) is 108 Å². The van der Waals surface area contributed by atoms with Gasteiger partial charge in [0, 0.05) is 74.5 Å². The Morgan fingerprint density at radius 2 is 0.650 bits per heavy atom. The van der Waals surface area contributed by atoms with Gasteiger partial charge in [-0.15, -0.1) is 0 Å². The van der Waals surface area contributed by atoms with E-state index in [1.165, 1.54) is 36.4 Å². The van der Waals surface area contributed by atoms with E-state index in [0.717, 1.165) is 56.3 Å². The van der Waals surface area contributed by atoms with Crippen molar-refractivity contribution in [3.05, 3.63) is 124 Å². The van der Waals surface area contributed by atoms with E-state index < -0.39 is 17.9 Å². The van der Waals surface area contributed by atoms with Crippen molar-refractivity contribution in [1.82, 2.24) is 0 Å². The van der Waals surface area contributed by atoms with Crippen molar-refractivity contribution in [2.75, 3.05) is 54.0 Å². The molecule has 0 saturated heterocycles. The van der Waals surface area contributed by atoms with Crippen molar-refractivity contribution in [3.63, 3.8) is 0 Å². The molecule has 0 heterocycles. The molecule has 0 spiro atoms. The molecule has 4 aromatic rings. The number of hydrogen-bond donors (Lipinski definition) is 0. The second-order valence-corrected chi connectivity index (χ2v) is 13.1. The lowest BCUT2D eigenvalue weighted by molar-refractivity contribution is -0.130. The first-order valence-corrected chi connectivity index (χ1v) is 19.7. The van der Waals surface area contributed by atoms with E-state index in [2.05, 4.69) is 14.7 Å². The van der Waals surface area contributed by atoms with Gasteiger partial charge in [-0.3, -0.25) is 0 Å². The number of carbonyl (C=O) groups excluding carboxylic acids is 3. The van der Waals surface area contributed by atoms with Crippen LogP contribution in [0.2, 0.25) is 0 Å². The van der Waals surface area contributed by atoms with Crippen LogP contribution in [0.3, 0.4) is 0 Å². The van der Waals surface area contributed by atoms with Gasteiger partial charge >= 0.3 is 17.9 Å². The Morgan fingerprint density at radius 3 is 0.833 bits per heavy atom. The van der Waals surface area contributed by atoms with E-state index in [1.54, 1.807) is 36.4 Å². The maximum Gasteiger partial charge on any atom is 0.354 e. The predicted octanol–water partition coefficient (Wildman–Crippen LogP) is 8.76. The van der Waals surface area contributed by atoms with Gasteiger partial charge in [0.05, 0.1) is 0 Å². The molecule has 0 N–H and O–H groups in total. The summed E-state index contributed by atoms with van der Waals surface area (Å²) in [4.78, 5) is 46.5. The molecule has 306 valence electrons. The first-order valence-electron chi connectivity index (χ1n) is 19.7. The molecule has 60 heavy (non-hydrogen) atoms. The molecule has 0 aliphatic heterocycles. The van der Waals surface area contributed by atoms with Gasteiger partial charge < -0.3 is 28.9 Å². The van der Waals surface area contributed by atoms with Gasteiger partial charge in [0.25, 0.3) is 0 Å². The molecule has 0 fully saturated rings. The SMILES string of the molecule is CCN(CC)c1ccc(C=C(C#N)C(=O)Oc2cc(OC(=O)C(C#N)=Cc3ccc(N(CC)CC)cc3)cc(OC(=O)C(C#N)=Cc3ccc(N(CC)CC)cc3)c2)cc1. The molecule has 12 heteroatoms. The van der Waals surface area contributed by atoms with Crippen LogP contribution < -0.4 is 28.9 Å². The summed E-state index contributed by atoms with van der Waals surface area (Å²) in [5.74, 6) is -3.88. The molecular weight excluding hydrogens is 757 g/mol. The second-order valence-electron chi connectivity index (χ2n) is 13.1. The van der Waals surface area contributed by atoms with Crippen molar-refractivity contribution in [1.29, 1.82) is 15.8 Å². The summed E-state index contributed by atoms with van der Waals surface area (Å²) in [7, 11) is 0. The van der Waals surface area contributed by atoms with Crippen LogP contribution in [0.5, 0.6) is 17.2 Å². The summed E-state index contributed by atoms with van der Waals surface area (Å²) >= 11 is 0. The normalized spacial score (nSPS) is 11.3. The fourth-order valence-corrected chi connectivity index (χ4v) is 6.23. The lowest BCUT2D eigenvalue weighted by Crippen LogP contribution is -2.21. The van der Waals surface area contributed by atoms with Crippen molar-refractivity contribution >= 4 is 53.2 Å². The average molecular weight is 805 g/mol. The van der Waals surface area contributed by atoms with Crippen LogP contribution in [0.25, 0.3) is 18.2 Å². The lowest BCUT2D eigenvalue weighted by atomic mass is 10.1. The van der Waals surface area contributed by atoms with Crippen LogP contribution in [-0.4, -0.2) is 57.2 Å². The minimum atomic E-state index is -1.04. The Balaban J connectivity index is 1.66. The Kier molecular flexibility index (Phi) is 16.8. The van der Waals surface area contributed by atoms with E-state index in [0.29, 0.717) is 16.7 Å². The first-order chi connectivity index (χ1) is 29.0. The number of anilines is 3. The average Bonchev–Trinajstić information content (AvgIpc) is 3.26. The Morgan fingerprint density at radius 1 is 0.433 bits per heavy atom. The maximum absolute atomic E-state index is 13.4. The molecule has 0 unspecified atom stereocenters. The summed E-state index contributed by atoms with van der Waals surface area (Å²) in [6, 6.07) is 31.0. The monoisotopic (exact) mass is 804 g/mol. The fraction of sp³-hybridized carbons (Fsp3) is 0.250. The summed E-state index contributed by atoms with van der Waals surface area (Å²) in [6.45, 7) is 17.1. The van der Waals surface area contributed by atoms with Crippen LogP contribution in [-0.2, 0) is 14.4 Å². The van der Waals surface area contributed by atoms with E-state index in [9.17, 15) is 30.2 Å². The molecule has 0 aliphatic rings. The third kappa shape index (κ3) is 12.2. The van der Waals surface area contributed by atoms with Crippen LogP contribution in [0.4, 0.5) is 17.1 Å². The number of benzene rings is 4. The third-order valence-electron chi connectivity index (χ3n) is 9.50. The standard InChI is InChI=1S/C48H48N6O6/c1-7-52(8-2)40-19-13-34(14-20-40)25-37(31-49)46(55)58-43-28-44(59-47(56)38(32-50)26-35-15-21-41(22-16-35)53(9-3)10-4)30-45(29-43)60-48(57)39(33-51)27-36-17-23-42(24-18-36)54(11-5)12-6/h13-30H,7-12H2,1-6H3. The Bertz CT molecular complexity index is 2070. The smallest absolute Gasteiger partial charge is 0.354 e. The molecule has 0 radical (unpaired) electrons. The highest BCUT2D eigenvalue weighted by atomic mass is 16.6. The minimum Gasteiger partial charge on any atom is -0.422 e. The number of nitriles is 3. The molecule has 12 nitrogen and oxygen atoms in total. The zero-order valence-corrected chi connectivity index (χ0v) is 34.8. The Hall–Kier alpha value is -7.62. The molecule has 0 amide bonds. The number of esters is 3. The third-order valence-corrected chi connectivity index (χ3v) is 9.50. The topological polar surface area (TPSA) is 160 Å². The summed E-state index contributed by atoms with van der Waals surface area (Å²) in [6.07, 6.45) is 4.11. The van der Waals surface area contributed by atoms with Gasteiger partial charge in [-0.2, -0.15) is 15.8 Å². The first kappa shape index (κ1) is 45.1. The molecule has 0 aromatic heterocycles. The van der Waals surface area contributed by atoms with E-state index in [4.69, 9.17) is 14.2 Å². The predicted molar refractivity (Wildman–Crippen MR) is 234 cm³/mol. The summed E-state index contributed by atoms with van der Waals surface area (Å²) in [5, 5.41) is 29.7. The summed E-state index contributed by atoms with van der Waals surface area (Å²) in [5.41, 5.74) is 3.67. The number of nitrogens with zero attached hydrogens (tertiary/aromatic N) is 6. The molecule has 4 rings (SSSR count). The maximum atomic E-state index is 13.4. The van der Waals surface area contributed by atoms with Crippen molar-refractivity contribution < 1.29 is 28.6 Å². The van der Waals surface area contributed by atoms with Gasteiger partial charge in [0.2, 0.25) is 0 Å². The van der Waals surface area contributed by atoms with Crippen LogP contribution in [0, 0.1) is 34.0 Å². The van der Waals surface area contributed by atoms with Gasteiger partial charge in [0.15, 0.2) is 0 Å². The van der Waals surface area contributed by atoms with Crippen LogP contribution in [0.1, 0.15) is 58.2 Å². The largest absolute Gasteiger partial charge is 0.422 e. The zero-order chi connectivity index (χ0) is 43.6. The Labute approximate surface area is 352 Å². The molecule has 0 saturated carbocycles. The number of rotatable bonds is 18. The van der Waals surface area contributed by atoms with E-state index in [-0.39, 0.29) is 34.0 Å². The number of hydrogen-bond acceptors (Lipinski definition) is 12. The van der Waals surface area contributed by atoms with Gasteiger partial charge in [-0.05, 0) is 113 Å². The van der Waals surface area contributed by atoms with E-state index in [1.807, 2.05) is 96.1 Å². The van der Waals surface area contributed by atoms with Gasteiger partial charge in [-0.25, -0.2) is 14.4 Å². The second kappa shape index (κ2) is 22.4. The van der Waals surface area contributed by atoms with Crippen molar-refractivity contribution in [3.8, 4) is 35.5 Å². The number of ether oxygens (including phenoxy) is 3. The highest BCUT2D eigenvalue weighted by Crippen LogP contribution is 2.30. The fourth-order valence-electron chi connectivity index (χ4n) is 6.23. The number of carbonyl (C=O) groups is 3. The van der Waals surface area contributed by atoms with Crippen molar-refractivity contribution in [2.24, 2.45) is 0 Å². The molecule has 0 bridgehead atoms. The zero-order valence-electron chi connectivity index (χ0n) is 34.8. The van der Waals surface area contributed by atoms with Crippen LogP contribution >= 0.6 is 0 Å².